The third-order valence-electron chi connectivity index (χ3n) is 3.75. The summed E-state index contributed by atoms with van der Waals surface area (Å²) in [6.45, 7) is 11.2. The molecular formula is C17H24N2O3. The Balaban J connectivity index is 0.000000224. The Morgan fingerprint density at radius 2 is 1.36 bits per heavy atom. The van der Waals surface area contributed by atoms with E-state index in [0.717, 1.165) is 43.2 Å². The van der Waals surface area contributed by atoms with Gasteiger partial charge in [0.2, 0.25) is 0 Å². The van der Waals surface area contributed by atoms with Crippen molar-refractivity contribution in [3.8, 4) is 5.75 Å². The zero-order valence-electron chi connectivity index (χ0n) is 14.4. The number of rotatable bonds is 1. The molecule has 0 aliphatic heterocycles. The highest BCUT2D eigenvalue weighted by Gasteiger charge is 2.12. The number of aromatic nitrogens is 2. The Morgan fingerprint density at radius 1 is 0.818 bits per heavy atom. The molecule has 0 fully saturated rings. The van der Waals surface area contributed by atoms with Gasteiger partial charge in [-0.15, -0.1) is 0 Å². The second-order valence-corrected chi connectivity index (χ2v) is 5.49. The Hall–Kier alpha value is -2.30. The van der Waals surface area contributed by atoms with Crippen molar-refractivity contribution in [2.45, 2.75) is 41.5 Å². The average molecular weight is 304 g/mol. The summed E-state index contributed by atoms with van der Waals surface area (Å²) in [6.07, 6.45) is 3.11. The van der Waals surface area contributed by atoms with Crippen LogP contribution >= 0.6 is 0 Å². The van der Waals surface area contributed by atoms with Crippen LogP contribution in [0.25, 0.3) is 0 Å². The average Bonchev–Trinajstić information content (AvgIpc) is 2.43. The summed E-state index contributed by atoms with van der Waals surface area (Å²) < 4.78 is 6.94. The summed E-state index contributed by atoms with van der Waals surface area (Å²) in [4.78, 5) is 0. The number of hydrogen-bond acceptors (Lipinski definition) is 3. The Bertz CT molecular complexity index is 659. The zero-order valence-corrected chi connectivity index (χ0v) is 14.4. The third-order valence-corrected chi connectivity index (χ3v) is 3.75. The summed E-state index contributed by atoms with van der Waals surface area (Å²) in [5, 5.41) is 22.2. The van der Waals surface area contributed by atoms with Gasteiger partial charge in [0.15, 0.2) is 23.8 Å². The molecule has 2 rings (SSSR count). The minimum atomic E-state index is 0.692. The lowest BCUT2D eigenvalue weighted by Gasteiger charge is -2.10. The molecule has 0 aliphatic carbocycles. The molecule has 2 aromatic rings. The van der Waals surface area contributed by atoms with Gasteiger partial charge in [-0.05, 0) is 33.8 Å². The zero-order chi connectivity index (χ0) is 17.0. The van der Waals surface area contributed by atoms with Crippen LogP contribution in [-0.4, -0.2) is 7.11 Å². The fraction of sp³-hybridized carbons (Fsp3) is 0.412. The van der Waals surface area contributed by atoms with Gasteiger partial charge < -0.3 is 15.2 Å². The van der Waals surface area contributed by atoms with E-state index in [-0.39, 0.29) is 0 Å². The maximum absolute atomic E-state index is 11.2. The first-order valence-electron chi connectivity index (χ1n) is 7.10. The van der Waals surface area contributed by atoms with Crippen LogP contribution in [0.15, 0.2) is 18.5 Å². The first kappa shape index (κ1) is 17.8. The van der Waals surface area contributed by atoms with Crippen LogP contribution in [0.4, 0.5) is 0 Å². The fourth-order valence-electron chi connectivity index (χ4n) is 2.21. The van der Waals surface area contributed by atoms with Crippen molar-refractivity contribution in [2.75, 3.05) is 7.11 Å². The number of pyridine rings is 2. The molecule has 0 atom stereocenters. The first-order valence-corrected chi connectivity index (χ1v) is 7.10. The van der Waals surface area contributed by atoms with Gasteiger partial charge >= 0.3 is 0 Å². The summed E-state index contributed by atoms with van der Waals surface area (Å²) in [5.74, 6) is 0.805. The van der Waals surface area contributed by atoms with Crippen LogP contribution in [-0.2, 0) is 0 Å². The topological polar surface area (TPSA) is 63.1 Å². The number of ether oxygens (including phenoxy) is 1. The van der Waals surface area contributed by atoms with Crippen molar-refractivity contribution in [3.63, 3.8) is 0 Å². The molecule has 0 saturated heterocycles. The fourth-order valence-corrected chi connectivity index (χ4v) is 2.21. The normalized spacial score (nSPS) is 9.95. The monoisotopic (exact) mass is 304 g/mol. The molecule has 120 valence electrons. The van der Waals surface area contributed by atoms with Gasteiger partial charge in [-0.3, -0.25) is 0 Å². The molecule has 22 heavy (non-hydrogen) atoms. The van der Waals surface area contributed by atoms with Crippen LogP contribution in [0.3, 0.4) is 0 Å². The lowest BCUT2D eigenvalue weighted by molar-refractivity contribution is -0.613. The van der Waals surface area contributed by atoms with Gasteiger partial charge in [-0.1, -0.05) is 0 Å². The molecule has 0 radical (unpaired) electrons. The standard InChI is InChI=1S/C9H13NO2.C8H11NO/c1-6-5-10(11)8(3)7(2)9(6)12-4;1-6-4-7(2)8(3)9(10)5-6/h5H,1-4H3;4-5H,1-3H3. The molecule has 0 bridgehead atoms. The summed E-state index contributed by atoms with van der Waals surface area (Å²) in [5.41, 5.74) is 5.32. The van der Waals surface area contributed by atoms with E-state index in [1.807, 2.05) is 40.7 Å². The Morgan fingerprint density at radius 3 is 1.86 bits per heavy atom. The largest absolute Gasteiger partial charge is 0.618 e. The quantitative estimate of drug-likeness (QED) is 0.600. The number of methoxy groups -OCH3 is 1. The lowest BCUT2D eigenvalue weighted by atomic mass is 10.1. The minimum Gasteiger partial charge on any atom is -0.618 e. The van der Waals surface area contributed by atoms with E-state index in [4.69, 9.17) is 4.74 Å². The highest BCUT2D eigenvalue weighted by Crippen LogP contribution is 2.21. The predicted octanol–water partition coefficient (Wildman–Crippen LogP) is 2.50. The third kappa shape index (κ3) is 3.87. The molecule has 0 spiro atoms. The summed E-state index contributed by atoms with van der Waals surface area (Å²) in [6, 6.07) is 2.00. The Kier molecular flexibility index (Phi) is 5.74. The molecule has 0 amide bonds. The highest BCUT2D eigenvalue weighted by molar-refractivity contribution is 5.38. The van der Waals surface area contributed by atoms with E-state index in [1.54, 1.807) is 20.2 Å². The SMILES string of the molecule is COc1c(C)c[n+]([O-])c(C)c1C.Cc1cc(C)c(C)[n+]([O-])c1. The van der Waals surface area contributed by atoms with E-state index in [9.17, 15) is 10.4 Å². The van der Waals surface area contributed by atoms with Crippen molar-refractivity contribution in [2.24, 2.45) is 0 Å². The van der Waals surface area contributed by atoms with Crippen LogP contribution in [0.2, 0.25) is 0 Å². The van der Waals surface area contributed by atoms with Gasteiger partial charge in [-0.25, -0.2) is 0 Å². The van der Waals surface area contributed by atoms with E-state index in [1.165, 1.54) is 6.20 Å². The van der Waals surface area contributed by atoms with E-state index in [0.29, 0.717) is 5.69 Å². The smallest absolute Gasteiger partial charge is 0.196 e. The molecule has 0 saturated carbocycles. The maximum atomic E-state index is 11.2. The summed E-state index contributed by atoms with van der Waals surface area (Å²) in [7, 11) is 1.61. The predicted molar refractivity (Wildman–Crippen MR) is 85.8 cm³/mol. The minimum absolute atomic E-state index is 0.692. The van der Waals surface area contributed by atoms with Gasteiger partial charge in [0, 0.05) is 25.0 Å². The molecule has 2 heterocycles. The van der Waals surface area contributed by atoms with Crippen molar-refractivity contribution < 1.29 is 14.2 Å². The molecule has 0 aromatic carbocycles. The van der Waals surface area contributed by atoms with Gasteiger partial charge in [0.05, 0.1) is 18.2 Å². The van der Waals surface area contributed by atoms with Crippen LogP contribution in [0.5, 0.6) is 5.75 Å². The van der Waals surface area contributed by atoms with E-state index >= 15 is 0 Å². The molecule has 0 unspecified atom stereocenters. The van der Waals surface area contributed by atoms with Gasteiger partial charge in [0.1, 0.15) is 5.75 Å². The molecule has 0 aliphatic rings. The molecule has 2 aromatic heterocycles. The number of aryl methyl sites for hydroxylation is 3. The van der Waals surface area contributed by atoms with Crippen molar-refractivity contribution in [1.82, 2.24) is 0 Å². The van der Waals surface area contributed by atoms with E-state index in [2.05, 4.69) is 0 Å². The molecule has 5 nitrogen and oxygen atoms in total. The first-order chi connectivity index (χ1) is 10.2. The highest BCUT2D eigenvalue weighted by atomic mass is 16.5. The van der Waals surface area contributed by atoms with Crippen molar-refractivity contribution in [1.29, 1.82) is 0 Å². The Labute approximate surface area is 132 Å². The van der Waals surface area contributed by atoms with Crippen LogP contribution in [0, 0.1) is 52.0 Å². The number of hydrogen-bond donors (Lipinski definition) is 0. The van der Waals surface area contributed by atoms with Gasteiger partial charge in [0.25, 0.3) is 0 Å². The van der Waals surface area contributed by atoms with Crippen molar-refractivity contribution in [3.05, 3.63) is 62.5 Å². The van der Waals surface area contributed by atoms with Gasteiger partial charge in [-0.2, -0.15) is 9.46 Å². The maximum Gasteiger partial charge on any atom is 0.196 e. The van der Waals surface area contributed by atoms with Crippen LogP contribution < -0.4 is 14.2 Å². The second kappa shape index (κ2) is 7.11. The summed E-state index contributed by atoms with van der Waals surface area (Å²) >= 11 is 0. The van der Waals surface area contributed by atoms with Crippen molar-refractivity contribution >= 4 is 0 Å². The molecule has 5 heteroatoms. The number of nitrogens with zero attached hydrogens (tertiary/aromatic N) is 2. The van der Waals surface area contributed by atoms with Crippen LogP contribution in [0.1, 0.15) is 33.6 Å². The second-order valence-electron chi connectivity index (χ2n) is 5.49. The lowest BCUT2D eigenvalue weighted by Crippen LogP contribution is -2.31. The molecular weight excluding hydrogens is 280 g/mol. The molecule has 0 N–H and O–H groups in total. The van der Waals surface area contributed by atoms with E-state index < -0.39 is 0 Å².